The van der Waals surface area contributed by atoms with Gasteiger partial charge in [0.05, 0.1) is 0 Å². The molecule has 0 unspecified atom stereocenters. The molecule has 0 aliphatic heterocycles. The number of benzene rings is 1. The van der Waals surface area contributed by atoms with Crippen LogP contribution in [0.2, 0.25) is 0 Å². The molecule has 0 fully saturated rings. The molecule has 0 aliphatic carbocycles. The Balaban J connectivity index is 3.23. The Bertz CT molecular complexity index is 435. The summed E-state index contributed by atoms with van der Waals surface area (Å²) in [5.74, 6) is -2.88. The van der Waals surface area contributed by atoms with Gasteiger partial charge in [-0.3, -0.25) is 0 Å². The van der Waals surface area contributed by atoms with Gasteiger partial charge in [0.25, 0.3) is 0 Å². The van der Waals surface area contributed by atoms with Crippen LogP contribution in [0, 0.1) is 0 Å². The minimum absolute atomic E-state index is 0.592. The standard InChI is InChI=1S/C11H10O4S/c1-16-9-5-3-2-4-7(9)6-8(10(12)13)11(14)15/h2-6H,1H3,(H,12,13)(H,14,15). The minimum Gasteiger partial charge on any atom is -0.477 e. The first-order valence-electron chi connectivity index (χ1n) is 4.37. The third-order valence-corrected chi connectivity index (χ3v) is 2.71. The highest BCUT2D eigenvalue weighted by molar-refractivity contribution is 7.98. The lowest BCUT2D eigenvalue weighted by molar-refractivity contribution is -0.139. The normalized spacial score (nSPS) is 9.56. The fourth-order valence-corrected chi connectivity index (χ4v) is 1.73. The smallest absolute Gasteiger partial charge is 0.343 e. The molecule has 0 amide bonds. The van der Waals surface area contributed by atoms with Gasteiger partial charge in [0.15, 0.2) is 0 Å². The second-order valence-electron chi connectivity index (χ2n) is 2.91. The zero-order valence-corrected chi connectivity index (χ0v) is 9.32. The molecule has 0 aromatic heterocycles. The summed E-state index contributed by atoms with van der Waals surface area (Å²) in [6.45, 7) is 0. The Morgan fingerprint density at radius 2 is 1.75 bits per heavy atom. The van der Waals surface area contributed by atoms with Crippen molar-refractivity contribution in [3.8, 4) is 0 Å². The largest absolute Gasteiger partial charge is 0.477 e. The van der Waals surface area contributed by atoms with Gasteiger partial charge < -0.3 is 10.2 Å². The van der Waals surface area contributed by atoms with Gasteiger partial charge in [-0.15, -0.1) is 11.8 Å². The fourth-order valence-electron chi connectivity index (χ4n) is 1.16. The van der Waals surface area contributed by atoms with E-state index in [2.05, 4.69) is 0 Å². The summed E-state index contributed by atoms with van der Waals surface area (Å²) in [6, 6.07) is 7.02. The number of hydrogen-bond acceptors (Lipinski definition) is 3. The predicted molar refractivity (Wildman–Crippen MR) is 61.5 cm³/mol. The van der Waals surface area contributed by atoms with E-state index in [-0.39, 0.29) is 0 Å². The number of carboxylic acids is 2. The van der Waals surface area contributed by atoms with E-state index in [9.17, 15) is 9.59 Å². The Morgan fingerprint density at radius 1 is 1.19 bits per heavy atom. The second-order valence-corrected chi connectivity index (χ2v) is 3.76. The van der Waals surface area contributed by atoms with Gasteiger partial charge >= 0.3 is 11.9 Å². The highest BCUT2D eigenvalue weighted by Crippen LogP contribution is 2.22. The first kappa shape index (κ1) is 12.3. The summed E-state index contributed by atoms with van der Waals surface area (Å²) in [4.78, 5) is 22.2. The van der Waals surface area contributed by atoms with Crippen LogP contribution in [0.15, 0.2) is 34.7 Å². The minimum atomic E-state index is -1.44. The Kier molecular flexibility index (Phi) is 4.13. The molecule has 0 saturated carbocycles. The molecule has 1 aromatic rings. The van der Waals surface area contributed by atoms with Crippen molar-refractivity contribution in [3.05, 3.63) is 35.4 Å². The lowest BCUT2D eigenvalue weighted by Crippen LogP contribution is -2.10. The maximum absolute atomic E-state index is 10.7. The maximum Gasteiger partial charge on any atom is 0.343 e. The summed E-state index contributed by atoms with van der Waals surface area (Å²) in [5.41, 5.74) is -0.0451. The monoisotopic (exact) mass is 238 g/mol. The molecule has 4 nitrogen and oxygen atoms in total. The van der Waals surface area contributed by atoms with E-state index in [1.807, 2.05) is 12.3 Å². The molecular weight excluding hydrogens is 228 g/mol. The zero-order valence-electron chi connectivity index (χ0n) is 8.51. The van der Waals surface area contributed by atoms with Gasteiger partial charge in [-0.1, -0.05) is 18.2 Å². The molecule has 0 spiro atoms. The fraction of sp³-hybridized carbons (Fsp3) is 0.0909. The molecule has 84 valence electrons. The quantitative estimate of drug-likeness (QED) is 0.363. The van der Waals surface area contributed by atoms with Gasteiger partial charge in [-0.25, -0.2) is 9.59 Å². The van der Waals surface area contributed by atoms with Crippen LogP contribution in [0.25, 0.3) is 6.08 Å². The number of carboxylic acid groups (broad SMARTS) is 2. The molecule has 5 heteroatoms. The summed E-state index contributed by atoms with van der Waals surface area (Å²) >= 11 is 1.43. The van der Waals surface area contributed by atoms with Crippen molar-refractivity contribution in [2.75, 3.05) is 6.26 Å². The summed E-state index contributed by atoms with van der Waals surface area (Å²) < 4.78 is 0. The average Bonchev–Trinajstić information content (AvgIpc) is 2.25. The lowest BCUT2D eigenvalue weighted by Gasteiger charge is -2.02. The van der Waals surface area contributed by atoms with Crippen LogP contribution in [0.3, 0.4) is 0 Å². The number of carbonyl (C=O) groups is 2. The van der Waals surface area contributed by atoms with Crippen molar-refractivity contribution >= 4 is 29.8 Å². The van der Waals surface area contributed by atoms with Crippen molar-refractivity contribution in [1.29, 1.82) is 0 Å². The first-order valence-corrected chi connectivity index (χ1v) is 5.60. The van der Waals surface area contributed by atoms with Crippen molar-refractivity contribution in [1.82, 2.24) is 0 Å². The Hall–Kier alpha value is -1.75. The van der Waals surface area contributed by atoms with Gasteiger partial charge in [0.2, 0.25) is 0 Å². The number of thioether (sulfide) groups is 1. The molecule has 0 heterocycles. The molecule has 0 saturated heterocycles. The third-order valence-electron chi connectivity index (χ3n) is 1.90. The summed E-state index contributed by atoms with van der Waals surface area (Å²) in [7, 11) is 0. The highest BCUT2D eigenvalue weighted by Gasteiger charge is 2.16. The van der Waals surface area contributed by atoms with Gasteiger partial charge in [0.1, 0.15) is 5.57 Å². The second kappa shape index (κ2) is 5.37. The van der Waals surface area contributed by atoms with Crippen LogP contribution in [0.5, 0.6) is 0 Å². The van der Waals surface area contributed by atoms with Gasteiger partial charge in [0, 0.05) is 4.90 Å². The lowest BCUT2D eigenvalue weighted by atomic mass is 10.1. The van der Waals surface area contributed by atoms with Crippen molar-refractivity contribution in [2.45, 2.75) is 4.90 Å². The van der Waals surface area contributed by atoms with E-state index in [1.54, 1.807) is 18.2 Å². The SMILES string of the molecule is CSc1ccccc1C=C(C(=O)O)C(=O)O. The average molecular weight is 238 g/mol. The Morgan fingerprint density at radius 3 is 2.25 bits per heavy atom. The number of rotatable bonds is 4. The summed E-state index contributed by atoms with van der Waals surface area (Å²) in [5, 5.41) is 17.4. The van der Waals surface area contributed by atoms with E-state index in [0.29, 0.717) is 5.56 Å². The van der Waals surface area contributed by atoms with Gasteiger partial charge in [-0.05, 0) is 24.0 Å². The van der Waals surface area contributed by atoms with Crippen molar-refractivity contribution in [3.63, 3.8) is 0 Å². The van der Waals surface area contributed by atoms with E-state index in [0.717, 1.165) is 11.0 Å². The van der Waals surface area contributed by atoms with Crippen LogP contribution >= 0.6 is 11.8 Å². The van der Waals surface area contributed by atoms with E-state index in [4.69, 9.17) is 10.2 Å². The molecule has 0 bridgehead atoms. The molecule has 1 aromatic carbocycles. The molecule has 1 rings (SSSR count). The van der Waals surface area contributed by atoms with Gasteiger partial charge in [-0.2, -0.15) is 0 Å². The van der Waals surface area contributed by atoms with Crippen LogP contribution in [0.1, 0.15) is 5.56 Å². The van der Waals surface area contributed by atoms with Crippen molar-refractivity contribution < 1.29 is 19.8 Å². The molecule has 2 N–H and O–H groups in total. The topological polar surface area (TPSA) is 74.6 Å². The molecule has 0 atom stereocenters. The summed E-state index contributed by atoms with van der Waals surface area (Å²) in [6.07, 6.45) is 3.00. The van der Waals surface area contributed by atoms with Crippen LogP contribution < -0.4 is 0 Å². The van der Waals surface area contributed by atoms with E-state index >= 15 is 0 Å². The zero-order chi connectivity index (χ0) is 12.1. The molecular formula is C11H10O4S. The van der Waals surface area contributed by atoms with Crippen LogP contribution in [0.4, 0.5) is 0 Å². The Labute approximate surface area is 96.6 Å². The number of aliphatic carboxylic acids is 2. The molecule has 0 aliphatic rings. The molecule has 16 heavy (non-hydrogen) atoms. The molecule has 0 radical (unpaired) electrons. The predicted octanol–water partition coefficient (Wildman–Crippen LogP) is 1.96. The van der Waals surface area contributed by atoms with E-state index < -0.39 is 17.5 Å². The first-order chi connectivity index (χ1) is 7.56. The maximum atomic E-state index is 10.7. The highest BCUT2D eigenvalue weighted by atomic mass is 32.2. The van der Waals surface area contributed by atoms with Crippen LogP contribution in [-0.4, -0.2) is 28.4 Å². The van der Waals surface area contributed by atoms with E-state index in [1.165, 1.54) is 11.8 Å². The third kappa shape index (κ3) is 2.87. The number of hydrogen-bond donors (Lipinski definition) is 2. The van der Waals surface area contributed by atoms with Crippen LogP contribution in [-0.2, 0) is 9.59 Å². The van der Waals surface area contributed by atoms with Crippen molar-refractivity contribution in [2.24, 2.45) is 0 Å².